The number of hydrogen-bond donors (Lipinski definition) is 2. The first-order valence-electron chi connectivity index (χ1n) is 7.28. The van der Waals surface area contributed by atoms with E-state index < -0.39 is 10.0 Å². The number of hydrogen-bond acceptors (Lipinski definition) is 4. The van der Waals surface area contributed by atoms with E-state index in [9.17, 15) is 13.2 Å². The highest BCUT2D eigenvalue weighted by atomic mass is 32.2. The summed E-state index contributed by atoms with van der Waals surface area (Å²) in [5, 5.41) is 3.87. The number of rotatable bonds is 3. The largest absolute Gasteiger partial charge is 0.321 e. The van der Waals surface area contributed by atoms with Gasteiger partial charge in [-0.3, -0.25) is 9.52 Å². The van der Waals surface area contributed by atoms with Crippen LogP contribution in [0, 0.1) is 6.92 Å². The summed E-state index contributed by atoms with van der Waals surface area (Å²) in [6.07, 6.45) is 1.54. The molecule has 4 rings (SSSR count). The van der Waals surface area contributed by atoms with Gasteiger partial charge in [0.2, 0.25) is 0 Å². The third-order valence-corrected chi connectivity index (χ3v) is 5.35. The first kappa shape index (κ1) is 14.6. The molecule has 0 bridgehead atoms. The van der Waals surface area contributed by atoms with Crippen LogP contribution in [-0.4, -0.2) is 19.3 Å². The van der Waals surface area contributed by atoms with E-state index in [4.69, 9.17) is 0 Å². The van der Waals surface area contributed by atoms with E-state index in [0.29, 0.717) is 22.0 Å². The molecule has 0 unspecified atom stereocenters. The molecule has 120 valence electrons. The van der Waals surface area contributed by atoms with Gasteiger partial charge in [-0.25, -0.2) is 13.4 Å². The van der Waals surface area contributed by atoms with Gasteiger partial charge in [0.05, 0.1) is 4.90 Å². The molecule has 24 heavy (non-hydrogen) atoms. The van der Waals surface area contributed by atoms with Crippen LogP contribution in [0.3, 0.4) is 0 Å². The molecule has 1 aliphatic heterocycles. The molecule has 1 aliphatic rings. The lowest BCUT2D eigenvalue weighted by atomic mass is 10.1. The van der Waals surface area contributed by atoms with Crippen LogP contribution in [-0.2, 0) is 10.0 Å². The average Bonchev–Trinajstić information content (AvgIpc) is 2.85. The predicted molar refractivity (Wildman–Crippen MR) is 91.7 cm³/mol. The molecule has 2 aromatic carbocycles. The minimum Gasteiger partial charge on any atom is -0.321 e. The van der Waals surface area contributed by atoms with Crippen LogP contribution in [0.4, 0.5) is 11.5 Å². The Hall–Kier alpha value is -2.93. The molecule has 0 atom stereocenters. The summed E-state index contributed by atoms with van der Waals surface area (Å²) < 4.78 is 28.1. The fraction of sp³-hybridized carbons (Fsp3) is 0.0588. The Morgan fingerprint density at radius 3 is 2.75 bits per heavy atom. The van der Waals surface area contributed by atoms with Crippen LogP contribution in [0.5, 0.6) is 0 Å². The van der Waals surface area contributed by atoms with E-state index in [0.717, 1.165) is 5.56 Å². The second-order valence-electron chi connectivity index (χ2n) is 5.62. The number of sulfonamides is 1. The molecule has 0 aliphatic carbocycles. The number of amides is 1. The molecule has 0 fully saturated rings. The number of nitrogens with zero attached hydrogens (tertiary/aromatic N) is 1. The molecular weight excluding hydrogens is 326 g/mol. The first-order chi connectivity index (χ1) is 11.5. The summed E-state index contributed by atoms with van der Waals surface area (Å²) in [4.78, 5) is 16.1. The van der Waals surface area contributed by atoms with E-state index >= 15 is 0 Å². The standard InChI is InChI=1S/C17H13N3O3S/c1-10-7-8-18-15(9-10)20-24(22,23)14-6-5-13-16-11(14)3-2-4-12(16)17(21)19-13/h2-9H,1H3,(H,18,20)(H,19,21). The number of carbonyl (C=O) groups excluding carboxylic acids is 1. The van der Waals surface area contributed by atoms with Gasteiger partial charge in [0.25, 0.3) is 15.9 Å². The summed E-state index contributed by atoms with van der Waals surface area (Å²) in [5.41, 5.74) is 2.00. The van der Waals surface area contributed by atoms with Gasteiger partial charge in [0, 0.05) is 28.2 Å². The fourth-order valence-corrected chi connectivity index (χ4v) is 4.09. The van der Waals surface area contributed by atoms with Gasteiger partial charge >= 0.3 is 0 Å². The minimum absolute atomic E-state index is 0.114. The molecule has 7 heteroatoms. The zero-order valence-corrected chi connectivity index (χ0v) is 13.5. The molecule has 6 nitrogen and oxygen atoms in total. The van der Waals surface area contributed by atoms with Crippen LogP contribution < -0.4 is 10.0 Å². The van der Waals surface area contributed by atoms with Crippen molar-refractivity contribution in [1.82, 2.24) is 4.98 Å². The van der Waals surface area contributed by atoms with Gasteiger partial charge in [-0.15, -0.1) is 0 Å². The quantitative estimate of drug-likeness (QED) is 0.768. The molecular formula is C17H13N3O3S. The number of aryl methyl sites for hydroxylation is 1. The predicted octanol–water partition coefficient (Wildman–Crippen LogP) is 2.91. The number of nitrogens with one attached hydrogen (secondary N) is 2. The van der Waals surface area contributed by atoms with Gasteiger partial charge in [-0.1, -0.05) is 12.1 Å². The average molecular weight is 339 g/mol. The van der Waals surface area contributed by atoms with Crippen LogP contribution in [0.25, 0.3) is 10.8 Å². The highest BCUT2D eigenvalue weighted by Crippen LogP contribution is 2.36. The summed E-state index contributed by atoms with van der Waals surface area (Å²) in [5.74, 6) is 0.0333. The highest BCUT2D eigenvalue weighted by molar-refractivity contribution is 7.93. The summed E-state index contributed by atoms with van der Waals surface area (Å²) in [6, 6.07) is 11.6. The monoisotopic (exact) mass is 339 g/mol. The van der Waals surface area contributed by atoms with Crippen LogP contribution >= 0.6 is 0 Å². The van der Waals surface area contributed by atoms with Crippen molar-refractivity contribution in [1.29, 1.82) is 0 Å². The van der Waals surface area contributed by atoms with Crippen molar-refractivity contribution in [2.75, 3.05) is 10.0 Å². The zero-order valence-electron chi connectivity index (χ0n) is 12.7. The van der Waals surface area contributed by atoms with Crippen molar-refractivity contribution in [3.05, 3.63) is 59.8 Å². The van der Waals surface area contributed by atoms with Crippen molar-refractivity contribution in [2.24, 2.45) is 0 Å². The maximum atomic E-state index is 12.8. The van der Waals surface area contributed by atoms with Gasteiger partial charge in [0.1, 0.15) is 5.82 Å². The molecule has 2 N–H and O–H groups in total. The smallest absolute Gasteiger partial charge is 0.263 e. The van der Waals surface area contributed by atoms with Gasteiger partial charge in [0.15, 0.2) is 0 Å². The number of aromatic nitrogens is 1. The Morgan fingerprint density at radius 1 is 1.12 bits per heavy atom. The second kappa shape index (κ2) is 5.04. The van der Waals surface area contributed by atoms with Crippen molar-refractivity contribution in [3.63, 3.8) is 0 Å². The maximum absolute atomic E-state index is 12.8. The number of anilines is 2. The molecule has 1 amide bonds. The van der Waals surface area contributed by atoms with Crippen molar-refractivity contribution in [2.45, 2.75) is 11.8 Å². The highest BCUT2D eigenvalue weighted by Gasteiger charge is 2.26. The lowest BCUT2D eigenvalue weighted by Crippen LogP contribution is -2.14. The lowest BCUT2D eigenvalue weighted by Gasteiger charge is -2.11. The van der Waals surface area contributed by atoms with Crippen LogP contribution in [0.1, 0.15) is 15.9 Å². The minimum atomic E-state index is -3.83. The molecule has 1 aromatic heterocycles. The Labute approximate surface area is 138 Å². The third kappa shape index (κ3) is 2.21. The van der Waals surface area contributed by atoms with E-state index in [2.05, 4.69) is 15.0 Å². The topological polar surface area (TPSA) is 88.2 Å². The lowest BCUT2D eigenvalue weighted by molar-refractivity contribution is 0.103. The molecule has 0 saturated carbocycles. The summed E-state index contributed by atoms with van der Waals surface area (Å²) in [6.45, 7) is 1.86. The number of benzene rings is 2. The second-order valence-corrected chi connectivity index (χ2v) is 7.27. The Balaban J connectivity index is 1.88. The first-order valence-corrected chi connectivity index (χ1v) is 8.76. The summed E-state index contributed by atoms with van der Waals surface area (Å²) >= 11 is 0. The molecule has 0 spiro atoms. The van der Waals surface area contributed by atoms with E-state index in [1.807, 2.05) is 6.92 Å². The van der Waals surface area contributed by atoms with Crippen LogP contribution in [0.2, 0.25) is 0 Å². The fourth-order valence-electron chi connectivity index (χ4n) is 2.88. The van der Waals surface area contributed by atoms with Crippen molar-refractivity contribution >= 4 is 38.2 Å². The van der Waals surface area contributed by atoms with E-state index in [1.165, 1.54) is 6.07 Å². The maximum Gasteiger partial charge on any atom is 0.263 e. The normalized spacial score (nSPS) is 13.1. The van der Waals surface area contributed by atoms with E-state index in [1.54, 1.807) is 42.6 Å². The Morgan fingerprint density at radius 2 is 1.96 bits per heavy atom. The van der Waals surface area contributed by atoms with Gasteiger partial charge in [-0.2, -0.15) is 0 Å². The van der Waals surface area contributed by atoms with Crippen molar-refractivity contribution < 1.29 is 13.2 Å². The Kier molecular flexibility index (Phi) is 3.07. The number of carbonyl (C=O) groups is 1. The van der Waals surface area contributed by atoms with Crippen molar-refractivity contribution in [3.8, 4) is 0 Å². The summed E-state index contributed by atoms with van der Waals surface area (Å²) in [7, 11) is -3.83. The molecule has 2 heterocycles. The van der Waals surface area contributed by atoms with Gasteiger partial charge < -0.3 is 5.32 Å². The van der Waals surface area contributed by atoms with Gasteiger partial charge in [-0.05, 0) is 42.8 Å². The molecule has 0 saturated heterocycles. The van der Waals surface area contributed by atoms with E-state index in [-0.39, 0.29) is 16.6 Å². The van der Waals surface area contributed by atoms with Crippen LogP contribution in [0.15, 0.2) is 53.6 Å². The Bertz CT molecular complexity index is 1110. The molecule has 0 radical (unpaired) electrons. The molecule has 3 aromatic rings. The SMILES string of the molecule is Cc1ccnc(NS(=O)(=O)c2ccc3c4c(cccc24)C(=O)N3)c1. The number of pyridine rings is 1. The third-order valence-electron chi connectivity index (χ3n) is 3.94. The zero-order chi connectivity index (χ0) is 16.9.